The molecule has 3 aromatic rings. The number of carbonyl (C=O) groups excluding carboxylic acids is 1. The molecule has 0 bridgehead atoms. The largest absolute Gasteiger partial charge is 0.378 e. The highest BCUT2D eigenvalue weighted by Crippen LogP contribution is 2.16. The summed E-state index contributed by atoms with van der Waals surface area (Å²) in [6.07, 6.45) is 5.00. The molecule has 7 nitrogen and oxygen atoms in total. The van der Waals surface area contributed by atoms with Crippen LogP contribution in [0.1, 0.15) is 15.9 Å². The van der Waals surface area contributed by atoms with Gasteiger partial charge in [-0.2, -0.15) is 5.10 Å². The molecule has 0 spiro atoms. The van der Waals surface area contributed by atoms with E-state index in [0.717, 1.165) is 24.5 Å². The Hall–Kier alpha value is -3.19. The predicted molar refractivity (Wildman–Crippen MR) is 103 cm³/mol. The first-order valence-corrected chi connectivity index (χ1v) is 8.94. The minimum atomic E-state index is -0.199. The monoisotopic (exact) mass is 363 g/mol. The zero-order chi connectivity index (χ0) is 18.5. The van der Waals surface area contributed by atoms with Gasteiger partial charge in [0.25, 0.3) is 5.91 Å². The van der Waals surface area contributed by atoms with Crippen LogP contribution in [-0.4, -0.2) is 47.0 Å². The average molecular weight is 363 g/mol. The minimum absolute atomic E-state index is 0.199. The van der Waals surface area contributed by atoms with Crippen molar-refractivity contribution in [1.29, 1.82) is 0 Å². The molecule has 3 heterocycles. The molecule has 1 aromatic carbocycles. The topological polar surface area (TPSA) is 72.3 Å². The standard InChI is InChI=1S/C20H21N5O2/c26-20(17-12-22-25(15-17)14-16-4-2-1-3-5-16)23-18-6-7-19(21-13-18)24-8-10-27-11-9-24/h1-7,12-13,15H,8-11,14H2,(H,23,26). The van der Waals surface area contributed by atoms with Crippen molar-refractivity contribution in [3.05, 3.63) is 72.2 Å². The van der Waals surface area contributed by atoms with E-state index in [1.807, 2.05) is 42.5 Å². The molecule has 0 atom stereocenters. The third-order valence-electron chi connectivity index (χ3n) is 4.42. The van der Waals surface area contributed by atoms with Crippen molar-refractivity contribution in [2.75, 3.05) is 36.5 Å². The summed E-state index contributed by atoms with van der Waals surface area (Å²) in [5.41, 5.74) is 2.31. The quantitative estimate of drug-likeness (QED) is 0.754. The molecule has 1 aliphatic heterocycles. The maximum atomic E-state index is 12.4. The molecular weight excluding hydrogens is 342 g/mol. The van der Waals surface area contributed by atoms with Crippen molar-refractivity contribution in [3.63, 3.8) is 0 Å². The minimum Gasteiger partial charge on any atom is -0.378 e. The van der Waals surface area contributed by atoms with Crippen LogP contribution in [-0.2, 0) is 11.3 Å². The van der Waals surface area contributed by atoms with Gasteiger partial charge in [-0.25, -0.2) is 4.98 Å². The van der Waals surface area contributed by atoms with Crippen molar-refractivity contribution in [1.82, 2.24) is 14.8 Å². The number of rotatable bonds is 5. The van der Waals surface area contributed by atoms with Crippen molar-refractivity contribution in [3.8, 4) is 0 Å². The summed E-state index contributed by atoms with van der Waals surface area (Å²) in [7, 11) is 0. The molecule has 0 saturated carbocycles. The van der Waals surface area contributed by atoms with E-state index in [9.17, 15) is 4.79 Å². The summed E-state index contributed by atoms with van der Waals surface area (Å²) >= 11 is 0. The maximum absolute atomic E-state index is 12.4. The van der Waals surface area contributed by atoms with Gasteiger partial charge in [-0.15, -0.1) is 0 Å². The van der Waals surface area contributed by atoms with E-state index in [2.05, 4.69) is 20.3 Å². The summed E-state index contributed by atoms with van der Waals surface area (Å²) in [5.74, 6) is 0.696. The Morgan fingerprint density at radius 1 is 1.07 bits per heavy atom. The van der Waals surface area contributed by atoms with Crippen molar-refractivity contribution >= 4 is 17.4 Å². The number of hydrogen-bond acceptors (Lipinski definition) is 5. The van der Waals surface area contributed by atoms with Crippen LogP contribution in [0.3, 0.4) is 0 Å². The normalized spacial score (nSPS) is 14.1. The van der Waals surface area contributed by atoms with Crippen LogP contribution in [0.4, 0.5) is 11.5 Å². The lowest BCUT2D eigenvalue weighted by Gasteiger charge is -2.27. The molecule has 1 saturated heterocycles. The molecule has 2 aromatic heterocycles. The van der Waals surface area contributed by atoms with Gasteiger partial charge in [-0.05, 0) is 17.7 Å². The second kappa shape index (κ2) is 8.01. The number of nitrogens with one attached hydrogen (secondary N) is 1. The first-order valence-electron chi connectivity index (χ1n) is 8.94. The fourth-order valence-corrected chi connectivity index (χ4v) is 2.98. The lowest BCUT2D eigenvalue weighted by Crippen LogP contribution is -2.36. The third kappa shape index (κ3) is 4.32. The molecule has 4 rings (SSSR count). The van der Waals surface area contributed by atoms with E-state index in [1.54, 1.807) is 23.3 Å². The van der Waals surface area contributed by atoms with Gasteiger partial charge < -0.3 is 15.0 Å². The lowest BCUT2D eigenvalue weighted by molar-refractivity contribution is 0.102. The molecule has 138 valence electrons. The average Bonchev–Trinajstić information content (AvgIpc) is 3.19. The number of anilines is 2. The van der Waals surface area contributed by atoms with Crippen LogP contribution in [0.25, 0.3) is 0 Å². The van der Waals surface area contributed by atoms with Crippen LogP contribution >= 0.6 is 0 Å². The summed E-state index contributed by atoms with van der Waals surface area (Å²) in [6, 6.07) is 13.8. The summed E-state index contributed by atoms with van der Waals surface area (Å²) < 4.78 is 7.11. The summed E-state index contributed by atoms with van der Waals surface area (Å²) in [4.78, 5) is 19.1. The Labute approximate surface area is 157 Å². The summed E-state index contributed by atoms with van der Waals surface area (Å²) in [6.45, 7) is 3.73. The van der Waals surface area contributed by atoms with Crippen molar-refractivity contribution in [2.45, 2.75) is 6.54 Å². The molecular formula is C20H21N5O2. The van der Waals surface area contributed by atoms with Crippen LogP contribution in [0.5, 0.6) is 0 Å². The molecule has 0 unspecified atom stereocenters. The second-order valence-corrected chi connectivity index (χ2v) is 6.37. The van der Waals surface area contributed by atoms with Crippen molar-refractivity contribution < 1.29 is 9.53 Å². The van der Waals surface area contributed by atoms with Gasteiger partial charge in [0.2, 0.25) is 0 Å². The Balaban J connectivity index is 1.37. The van der Waals surface area contributed by atoms with E-state index in [-0.39, 0.29) is 5.91 Å². The smallest absolute Gasteiger partial charge is 0.258 e. The van der Waals surface area contributed by atoms with E-state index in [4.69, 9.17) is 4.74 Å². The molecule has 1 fully saturated rings. The number of morpholine rings is 1. The fourth-order valence-electron chi connectivity index (χ4n) is 2.98. The highest BCUT2D eigenvalue weighted by molar-refractivity contribution is 6.03. The number of amides is 1. The zero-order valence-corrected chi connectivity index (χ0v) is 14.9. The first-order chi connectivity index (χ1) is 13.3. The first kappa shape index (κ1) is 17.2. The van der Waals surface area contributed by atoms with Crippen LogP contribution < -0.4 is 10.2 Å². The second-order valence-electron chi connectivity index (χ2n) is 6.37. The molecule has 0 radical (unpaired) electrons. The maximum Gasteiger partial charge on any atom is 0.258 e. The van der Waals surface area contributed by atoms with Crippen LogP contribution in [0.2, 0.25) is 0 Å². The van der Waals surface area contributed by atoms with Crippen LogP contribution in [0, 0.1) is 0 Å². The number of benzene rings is 1. The molecule has 1 aliphatic rings. The number of hydrogen-bond donors (Lipinski definition) is 1. The Morgan fingerprint density at radius 2 is 1.89 bits per heavy atom. The van der Waals surface area contributed by atoms with Gasteiger partial charge in [0.05, 0.1) is 43.4 Å². The van der Waals surface area contributed by atoms with Gasteiger partial charge in [-0.3, -0.25) is 9.48 Å². The van der Waals surface area contributed by atoms with Gasteiger partial charge in [0.15, 0.2) is 0 Å². The SMILES string of the molecule is O=C(Nc1ccc(N2CCOCC2)nc1)c1cnn(Cc2ccccc2)c1. The Bertz CT molecular complexity index is 886. The number of nitrogens with zero attached hydrogens (tertiary/aromatic N) is 4. The van der Waals surface area contributed by atoms with Crippen LogP contribution in [0.15, 0.2) is 61.1 Å². The fraction of sp³-hybridized carbons (Fsp3) is 0.250. The molecule has 27 heavy (non-hydrogen) atoms. The number of pyridine rings is 1. The lowest BCUT2D eigenvalue weighted by atomic mass is 10.2. The molecule has 1 N–H and O–H groups in total. The van der Waals surface area contributed by atoms with E-state index in [1.165, 1.54) is 0 Å². The number of carbonyl (C=O) groups is 1. The van der Waals surface area contributed by atoms with E-state index in [0.29, 0.717) is 31.0 Å². The van der Waals surface area contributed by atoms with Crippen molar-refractivity contribution in [2.24, 2.45) is 0 Å². The van der Waals surface area contributed by atoms with Gasteiger partial charge >= 0.3 is 0 Å². The molecule has 1 amide bonds. The predicted octanol–water partition coefficient (Wildman–Crippen LogP) is 2.42. The third-order valence-corrected chi connectivity index (χ3v) is 4.42. The van der Waals surface area contributed by atoms with Gasteiger partial charge in [0.1, 0.15) is 5.82 Å². The van der Waals surface area contributed by atoms with E-state index >= 15 is 0 Å². The van der Waals surface area contributed by atoms with E-state index < -0.39 is 0 Å². The zero-order valence-electron chi connectivity index (χ0n) is 14.9. The summed E-state index contributed by atoms with van der Waals surface area (Å²) in [5, 5.41) is 7.14. The Kier molecular flexibility index (Phi) is 5.11. The number of aromatic nitrogens is 3. The number of ether oxygens (including phenoxy) is 1. The highest BCUT2D eigenvalue weighted by atomic mass is 16.5. The highest BCUT2D eigenvalue weighted by Gasteiger charge is 2.13. The Morgan fingerprint density at radius 3 is 2.63 bits per heavy atom. The van der Waals surface area contributed by atoms with Gasteiger partial charge in [-0.1, -0.05) is 30.3 Å². The van der Waals surface area contributed by atoms with Gasteiger partial charge in [0, 0.05) is 19.3 Å². The molecule has 7 heteroatoms. The molecule has 0 aliphatic carbocycles.